The molecule has 5 nitrogen and oxygen atoms in total. The van der Waals surface area contributed by atoms with E-state index in [2.05, 4.69) is 17.3 Å². The van der Waals surface area contributed by atoms with Crippen molar-refractivity contribution in [3.8, 4) is 0 Å². The van der Waals surface area contributed by atoms with Crippen LogP contribution in [0.2, 0.25) is 0 Å². The molecule has 1 fully saturated rings. The minimum Gasteiger partial charge on any atom is -0.313 e. The van der Waals surface area contributed by atoms with E-state index in [4.69, 9.17) is 0 Å². The van der Waals surface area contributed by atoms with Gasteiger partial charge in [0.1, 0.15) is 0 Å². The number of nitrogens with one attached hydrogen (secondary N) is 1. The second-order valence-electron chi connectivity index (χ2n) is 6.02. The lowest BCUT2D eigenvalue weighted by molar-refractivity contribution is 0.417. The monoisotopic (exact) mass is 313 g/mol. The van der Waals surface area contributed by atoms with Gasteiger partial charge in [-0.1, -0.05) is 13.3 Å². The van der Waals surface area contributed by atoms with Crippen LogP contribution in [0.1, 0.15) is 44.6 Å². The topological polar surface area (TPSA) is 64.0 Å². The lowest BCUT2D eigenvalue weighted by Gasteiger charge is -2.31. The zero-order valence-electron chi connectivity index (χ0n) is 13.1. The molecule has 120 valence electrons. The summed E-state index contributed by atoms with van der Waals surface area (Å²) < 4.78 is 26.5. The van der Waals surface area contributed by atoms with E-state index in [0.29, 0.717) is 5.75 Å². The summed E-state index contributed by atoms with van der Waals surface area (Å²) in [7, 11) is -1.03. The first-order valence-electron chi connectivity index (χ1n) is 7.95. The van der Waals surface area contributed by atoms with Crippen molar-refractivity contribution in [1.29, 1.82) is 0 Å². The molecule has 21 heavy (non-hydrogen) atoms. The quantitative estimate of drug-likeness (QED) is 0.832. The molecule has 0 aliphatic carbocycles. The normalized spacial score (nSPS) is 23.0. The minimum absolute atomic E-state index is 0.0652. The number of hydrogen-bond acceptors (Lipinski definition) is 4. The molecular formula is C15H27N3O2S. The first kappa shape index (κ1) is 16.5. The third-order valence-corrected chi connectivity index (χ3v) is 6.58. The Bertz CT molecular complexity index is 539. The lowest BCUT2D eigenvalue weighted by atomic mass is 10.0. The Balaban J connectivity index is 2.02. The van der Waals surface area contributed by atoms with E-state index >= 15 is 0 Å². The molecule has 0 aromatic carbocycles. The van der Waals surface area contributed by atoms with Gasteiger partial charge in [0, 0.05) is 19.3 Å². The van der Waals surface area contributed by atoms with Gasteiger partial charge in [0.15, 0.2) is 9.84 Å². The first-order valence-corrected chi connectivity index (χ1v) is 9.67. The fourth-order valence-corrected chi connectivity index (χ4v) is 5.27. The Morgan fingerprint density at radius 3 is 2.90 bits per heavy atom. The van der Waals surface area contributed by atoms with Crippen molar-refractivity contribution in [2.24, 2.45) is 7.05 Å². The number of hydrogen-bond donors (Lipinski definition) is 1. The number of aromatic nitrogens is 2. The van der Waals surface area contributed by atoms with Crippen LogP contribution < -0.4 is 5.32 Å². The van der Waals surface area contributed by atoms with E-state index in [0.717, 1.165) is 45.1 Å². The largest absolute Gasteiger partial charge is 0.313 e. The highest BCUT2D eigenvalue weighted by molar-refractivity contribution is 7.92. The van der Waals surface area contributed by atoms with Gasteiger partial charge in [0.2, 0.25) is 0 Å². The average molecular weight is 313 g/mol. The SMILES string of the molecule is CCCNC(CCc1cnn(C)c1)C1CCCCS1(=O)=O. The summed E-state index contributed by atoms with van der Waals surface area (Å²) >= 11 is 0. The fraction of sp³-hybridized carbons (Fsp3) is 0.800. The van der Waals surface area contributed by atoms with E-state index in [1.165, 1.54) is 5.56 Å². The van der Waals surface area contributed by atoms with Crippen LogP contribution >= 0.6 is 0 Å². The maximum absolute atomic E-state index is 12.3. The smallest absolute Gasteiger partial charge is 0.154 e. The average Bonchev–Trinajstić information content (AvgIpc) is 2.85. The van der Waals surface area contributed by atoms with Gasteiger partial charge < -0.3 is 5.32 Å². The summed E-state index contributed by atoms with van der Waals surface area (Å²) in [6, 6.07) is 0.0652. The summed E-state index contributed by atoms with van der Waals surface area (Å²) in [6.45, 7) is 2.99. The van der Waals surface area contributed by atoms with Crippen molar-refractivity contribution in [3.05, 3.63) is 18.0 Å². The molecule has 2 rings (SSSR count). The van der Waals surface area contributed by atoms with Crippen LogP contribution in [-0.4, -0.2) is 41.8 Å². The molecule has 1 aliphatic heterocycles. The van der Waals surface area contributed by atoms with E-state index < -0.39 is 9.84 Å². The summed E-state index contributed by atoms with van der Waals surface area (Å²) in [5, 5.41) is 7.43. The van der Waals surface area contributed by atoms with Gasteiger partial charge in [0.05, 0.1) is 17.2 Å². The second-order valence-corrected chi connectivity index (χ2v) is 8.36. The van der Waals surface area contributed by atoms with Crippen molar-refractivity contribution >= 4 is 9.84 Å². The molecule has 1 aromatic rings. The van der Waals surface area contributed by atoms with Crippen molar-refractivity contribution < 1.29 is 8.42 Å². The van der Waals surface area contributed by atoms with E-state index in [-0.39, 0.29) is 11.3 Å². The van der Waals surface area contributed by atoms with Crippen LogP contribution in [0.4, 0.5) is 0 Å². The Hall–Kier alpha value is -0.880. The van der Waals surface area contributed by atoms with E-state index in [9.17, 15) is 8.42 Å². The van der Waals surface area contributed by atoms with E-state index in [1.807, 2.05) is 19.4 Å². The number of rotatable bonds is 7. The van der Waals surface area contributed by atoms with Crippen molar-refractivity contribution in [3.63, 3.8) is 0 Å². The van der Waals surface area contributed by atoms with Gasteiger partial charge in [-0.15, -0.1) is 0 Å². The summed E-state index contributed by atoms with van der Waals surface area (Å²) in [6.07, 6.45) is 9.28. The molecule has 2 unspecified atom stereocenters. The summed E-state index contributed by atoms with van der Waals surface area (Å²) in [4.78, 5) is 0. The minimum atomic E-state index is -2.94. The highest BCUT2D eigenvalue weighted by Gasteiger charge is 2.34. The van der Waals surface area contributed by atoms with Crippen molar-refractivity contribution in [1.82, 2.24) is 15.1 Å². The van der Waals surface area contributed by atoms with Crippen LogP contribution in [0.15, 0.2) is 12.4 Å². The fourth-order valence-electron chi connectivity index (χ4n) is 3.10. The Morgan fingerprint density at radius 2 is 2.29 bits per heavy atom. The van der Waals surface area contributed by atoms with Gasteiger partial charge in [-0.3, -0.25) is 4.68 Å². The first-order chi connectivity index (χ1) is 10.0. The number of sulfone groups is 1. The zero-order chi connectivity index (χ0) is 15.3. The zero-order valence-corrected chi connectivity index (χ0v) is 13.9. The standard InChI is InChI=1S/C15H27N3O2S/c1-3-9-16-14(8-7-13-11-17-18(2)12-13)15-6-4-5-10-21(15,19)20/h11-12,14-16H,3-10H2,1-2H3. The second kappa shape index (κ2) is 7.40. The van der Waals surface area contributed by atoms with Crippen LogP contribution in [0, 0.1) is 0 Å². The molecule has 1 aromatic heterocycles. The highest BCUT2D eigenvalue weighted by Crippen LogP contribution is 2.24. The Kier molecular flexibility index (Phi) is 5.81. The molecule has 0 saturated carbocycles. The maximum atomic E-state index is 12.3. The van der Waals surface area contributed by atoms with Gasteiger partial charge in [-0.05, 0) is 44.2 Å². The molecule has 1 saturated heterocycles. The highest BCUT2D eigenvalue weighted by atomic mass is 32.2. The van der Waals surface area contributed by atoms with Crippen LogP contribution in [0.25, 0.3) is 0 Å². The lowest BCUT2D eigenvalue weighted by Crippen LogP contribution is -2.47. The molecule has 2 atom stereocenters. The van der Waals surface area contributed by atoms with Crippen LogP contribution in [0.5, 0.6) is 0 Å². The number of aryl methyl sites for hydroxylation is 2. The Labute approximate surface area is 128 Å². The molecule has 0 amide bonds. The third-order valence-electron chi connectivity index (χ3n) is 4.24. The van der Waals surface area contributed by atoms with Crippen molar-refractivity contribution in [2.75, 3.05) is 12.3 Å². The maximum Gasteiger partial charge on any atom is 0.154 e. The molecule has 0 spiro atoms. The molecule has 1 aliphatic rings. The molecular weight excluding hydrogens is 286 g/mol. The molecule has 0 radical (unpaired) electrons. The van der Waals surface area contributed by atoms with Gasteiger partial charge >= 0.3 is 0 Å². The predicted molar refractivity (Wildman–Crippen MR) is 85.0 cm³/mol. The molecule has 1 N–H and O–H groups in total. The molecule has 2 heterocycles. The summed E-state index contributed by atoms with van der Waals surface area (Å²) in [5.74, 6) is 0.356. The number of nitrogens with zero attached hydrogens (tertiary/aromatic N) is 2. The predicted octanol–water partition coefficient (Wildman–Crippen LogP) is 1.69. The van der Waals surface area contributed by atoms with Gasteiger partial charge in [-0.25, -0.2) is 8.42 Å². The molecule has 0 bridgehead atoms. The van der Waals surface area contributed by atoms with Crippen molar-refractivity contribution in [2.45, 2.75) is 56.7 Å². The van der Waals surface area contributed by atoms with Crippen LogP contribution in [0.3, 0.4) is 0 Å². The van der Waals surface area contributed by atoms with Gasteiger partial charge in [-0.2, -0.15) is 5.10 Å². The summed E-state index contributed by atoms with van der Waals surface area (Å²) in [5.41, 5.74) is 1.18. The van der Waals surface area contributed by atoms with E-state index in [1.54, 1.807) is 4.68 Å². The third kappa shape index (κ3) is 4.54. The van der Waals surface area contributed by atoms with Crippen LogP contribution in [-0.2, 0) is 23.3 Å². The Morgan fingerprint density at radius 1 is 1.48 bits per heavy atom. The van der Waals surface area contributed by atoms with Gasteiger partial charge in [0.25, 0.3) is 0 Å². The molecule has 6 heteroatoms.